The van der Waals surface area contributed by atoms with Crippen LogP contribution in [0, 0.1) is 49.9 Å². The molecule has 3 heteroatoms. The monoisotopic (exact) mass is 336 g/mol. The molecule has 0 aromatic rings. The zero-order chi connectivity index (χ0) is 13.3. The first kappa shape index (κ1) is 19.8. The van der Waals surface area contributed by atoms with E-state index >= 15 is 0 Å². The minimum atomic E-state index is -0.826. The van der Waals surface area contributed by atoms with Crippen LogP contribution in [-0.2, 0) is 20.8 Å². The van der Waals surface area contributed by atoms with Crippen LogP contribution in [0.1, 0.15) is 34.6 Å². The summed E-state index contributed by atoms with van der Waals surface area (Å²) in [6.45, 7) is 17.5. The van der Waals surface area contributed by atoms with Crippen LogP contribution in [0.15, 0.2) is 0 Å². The molecule has 16 heavy (non-hydrogen) atoms. The van der Waals surface area contributed by atoms with Crippen molar-refractivity contribution in [2.24, 2.45) is 0 Å². The Balaban J connectivity index is 0. The number of hydrogen-bond donors (Lipinski definition) is 0. The Morgan fingerprint density at radius 3 is 0.875 bits per heavy atom. The fourth-order valence-corrected chi connectivity index (χ4v) is 1.41. The molecule has 0 aromatic carbocycles. The van der Waals surface area contributed by atoms with Crippen molar-refractivity contribution in [3.63, 3.8) is 0 Å². The van der Waals surface area contributed by atoms with Crippen LogP contribution < -0.4 is 0 Å². The van der Waals surface area contributed by atoms with Crippen LogP contribution >= 0.6 is 17.0 Å². The first-order chi connectivity index (χ1) is 7.38. The van der Waals surface area contributed by atoms with Crippen molar-refractivity contribution < 1.29 is 20.8 Å². The second kappa shape index (κ2) is 11.5. The van der Waals surface area contributed by atoms with Crippen molar-refractivity contribution in [2.75, 3.05) is 0 Å². The topological polar surface area (TPSA) is 0 Å². The molecule has 0 spiro atoms. The van der Waals surface area contributed by atoms with Gasteiger partial charge in [0, 0.05) is 0 Å². The Morgan fingerprint density at radius 2 is 0.812 bits per heavy atom. The Morgan fingerprint density at radius 1 is 0.750 bits per heavy atom. The van der Waals surface area contributed by atoms with E-state index in [1.807, 2.05) is 0 Å². The van der Waals surface area contributed by atoms with Crippen molar-refractivity contribution in [2.45, 2.75) is 34.6 Å². The van der Waals surface area contributed by atoms with Crippen LogP contribution in [0.5, 0.6) is 0 Å². The molecule has 0 atom stereocenters. The fraction of sp³-hybridized carbons (Fsp3) is 0.385. The van der Waals surface area contributed by atoms with E-state index in [0.29, 0.717) is 0 Å². The van der Waals surface area contributed by atoms with E-state index in [4.69, 9.17) is 17.0 Å². The van der Waals surface area contributed by atoms with Gasteiger partial charge in [-0.1, -0.05) is 34.6 Å². The minimum absolute atomic E-state index is 0.826. The molecule has 0 bridgehead atoms. The van der Waals surface area contributed by atoms with Crippen molar-refractivity contribution in [3.05, 3.63) is 49.9 Å². The molecule has 1 aliphatic carbocycles. The maximum atomic E-state index is 4.93. The summed E-state index contributed by atoms with van der Waals surface area (Å²) in [5, 5.41) is 0. The average Bonchev–Trinajstić information content (AvgIpc) is 2.39. The third-order valence-electron chi connectivity index (χ3n) is 2.81. The van der Waals surface area contributed by atoms with Crippen LogP contribution in [0.2, 0.25) is 0 Å². The third kappa shape index (κ3) is 7.02. The molecule has 0 unspecified atom stereocenters. The van der Waals surface area contributed by atoms with E-state index in [1.165, 1.54) is 36.0 Å². The summed E-state index contributed by atoms with van der Waals surface area (Å²) in [6, 6.07) is 0. The van der Waals surface area contributed by atoms with Gasteiger partial charge in [0.05, 0.1) is 0 Å². The number of rotatable bonds is 0. The predicted octanol–water partition coefficient (Wildman–Crippen LogP) is 5.21. The summed E-state index contributed by atoms with van der Waals surface area (Å²) in [5.74, 6) is 7.34. The molecular weight excluding hydrogens is 318 g/mol. The Bertz CT molecular complexity index is 106. The molecular formula is C13H20Cl2Zr. The van der Waals surface area contributed by atoms with E-state index in [1.54, 1.807) is 0 Å². The summed E-state index contributed by atoms with van der Waals surface area (Å²) in [4.78, 5) is 0. The van der Waals surface area contributed by atoms with Gasteiger partial charge >= 0.3 is 37.9 Å². The molecule has 0 saturated heterocycles. The standard InChI is InChI=1S/C10H15.C3H5.2ClH.Zr/c1-6-7(2)9(4)10(5)8(6)3;1-3-2;;;/h1-5H3;3H,1-2H2;2*1H;/q;;;;+2/p-2. The summed E-state index contributed by atoms with van der Waals surface area (Å²) in [5.41, 5.74) is 0. The van der Waals surface area contributed by atoms with Gasteiger partial charge < -0.3 is 0 Å². The molecule has 1 saturated carbocycles. The molecule has 0 aromatic heterocycles. The Labute approximate surface area is 122 Å². The summed E-state index contributed by atoms with van der Waals surface area (Å²) in [6.07, 6.45) is 1.50. The van der Waals surface area contributed by atoms with Crippen LogP contribution in [0.25, 0.3) is 0 Å². The third-order valence-corrected chi connectivity index (χ3v) is 2.81. The number of hydrogen-bond acceptors (Lipinski definition) is 0. The summed E-state index contributed by atoms with van der Waals surface area (Å²) in [7, 11) is 9.87. The van der Waals surface area contributed by atoms with E-state index in [-0.39, 0.29) is 0 Å². The van der Waals surface area contributed by atoms with Gasteiger partial charge in [-0.2, -0.15) is 0 Å². The Hall–Kier alpha value is 1.46. The Kier molecular flexibility index (Phi) is 14.3. The van der Waals surface area contributed by atoms with Crippen LogP contribution in [0.3, 0.4) is 0 Å². The van der Waals surface area contributed by atoms with Gasteiger partial charge in [0.15, 0.2) is 0 Å². The second-order valence-corrected chi connectivity index (χ2v) is 7.22. The van der Waals surface area contributed by atoms with Crippen molar-refractivity contribution >= 4 is 17.0 Å². The van der Waals surface area contributed by atoms with E-state index < -0.39 is 20.8 Å². The molecule has 0 aliphatic heterocycles. The van der Waals surface area contributed by atoms with Gasteiger partial charge in [-0.15, -0.1) is 0 Å². The normalized spacial score (nSPS) is 19.8. The molecule has 0 N–H and O–H groups in total. The summed E-state index contributed by atoms with van der Waals surface area (Å²) >= 11 is -0.826. The van der Waals surface area contributed by atoms with Crippen LogP contribution in [-0.4, -0.2) is 0 Å². The van der Waals surface area contributed by atoms with Crippen molar-refractivity contribution in [1.29, 1.82) is 0 Å². The first-order valence-electron chi connectivity index (χ1n) is 4.94. The van der Waals surface area contributed by atoms with Gasteiger partial charge in [-0.25, -0.2) is 0 Å². The fourth-order valence-electron chi connectivity index (χ4n) is 1.41. The molecule has 0 nitrogen and oxygen atoms in total. The number of halogens is 2. The molecule has 90 valence electrons. The van der Waals surface area contributed by atoms with Gasteiger partial charge in [-0.05, 0) is 49.9 Å². The van der Waals surface area contributed by atoms with Gasteiger partial charge in [0.1, 0.15) is 0 Å². The predicted molar refractivity (Wildman–Crippen MR) is 71.3 cm³/mol. The van der Waals surface area contributed by atoms with Crippen molar-refractivity contribution in [3.8, 4) is 0 Å². The molecule has 0 heterocycles. The van der Waals surface area contributed by atoms with Crippen molar-refractivity contribution in [1.82, 2.24) is 0 Å². The molecule has 1 rings (SSSR count). The molecule has 8 radical (unpaired) electrons. The van der Waals surface area contributed by atoms with Gasteiger partial charge in [-0.3, -0.25) is 0 Å². The van der Waals surface area contributed by atoms with Crippen LogP contribution in [0.4, 0.5) is 0 Å². The molecule has 1 aliphatic rings. The molecule has 1 fully saturated rings. The van der Waals surface area contributed by atoms with Gasteiger partial charge in [0.2, 0.25) is 0 Å². The zero-order valence-corrected chi connectivity index (χ0v) is 14.7. The first-order valence-corrected chi connectivity index (χ1v) is 11.3. The SMILES string of the molecule is C[C]1[C](C)[C](C)[C](C)[C]1C.[CH2][CH][CH2].[Cl][Zr][Cl]. The van der Waals surface area contributed by atoms with E-state index in [0.717, 1.165) is 0 Å². The van der Waals surface area contributed by atoms with E-state index in [2.05, 4.69) is 48.5 Å². The summed E-state index contributed by atoms with van der Waals surface area (Å²) < 4.78 is 0. The van der Waals surface area contributed by atoms with E-state index in [9.17, 15) is 0 Å². The average molecular weight is 338 g/mol. The molecule has 0 amide bonds. The zero-order valence-electron chi connectivity index (χ0n) is 10.7. The van der Waals surface area contributed by atoms with Gasteiger partial charge in [0.25, 0.3) is 0 Å². The second-order valence-electron chi connectivity index (χ2n) is 3.49. The quantitative estimate of drug-likeness (QED) is 0.569. The maximum absolute atomic E-state index is 4.93.